The number of nitrogens with one attached hydrogen (secondary N) is 1. The molecule has 0 spiro atoms. The normalized spacial score (nSPS) is 10.3. The first-order valence-corrected chi connectivity index (χ1v) is 5.93. The fourth-order valence-corrected chi connectivity index (χ4v) is 1.72. The monoisotopic (exact) mass is 244 g/mol. The Kier molecular flexibility index (Phi) is 3.72. The third kappa shape index (κ3) is 2.74. The second-order valence-electron chi connectivity index (χ2n) is 3.99. The van der Waals surface area contributed by atoms with Gasteiger partial charge in [-0.1, -0.05) is 6.07 Å². The van der Waals surface area contributed by atoms with Gasteiger partial charge in [0, 0.05) is 24.5 Å². The van der Waals surface area contributed by atoms with Gasteiger partial charge in [-0.2, -0.15) is 0 Å². The predicted octanol–water partition coefficient (Wildman–Crippen LogP) is 1.43. The zero-order valence-corrected chi connectivity index (χ0v) is 10.6. The number of rotatable bonds is 4. The Morgan fingerprint density at radius 1 is 1.33 bits per heavy atom. The summed E-state index contributed by atoms with van der Waals surface area (Å²) in [6.45, 7) is 5.13. The minimum Gasteiger partial charge on any atom is -0.354 e. The molecule has 2 aromatic heterocycles. The molecule has 18 heavy (non-hydrogen) atoms. The molecule has 0 bridgehead atoms. The number of anilines is 1. The molecule has 0 saturated heterocycles. The van der Waals surface area contributed by atoms with Crippen LogP contribution in [0.4, 0.5) is 5.95 Å². The lowest BCUT2D eigenvalue weighted by molar-refractivity contribution is 0.711. The fourth-order valence-electron chi connectivity index (χ4n) is 1.72. The smallest absolute Gasteiger partial charge is 0.251 e. The Bertz CT molecular complexity index is 592. The summed E-state index contributed by atoms with van der Waals surface area (Å²) < 4.78 is 1.69. The molecule has 1 N–H and O–H groups in total. The molecule has 2 heterocycles. The highest BCUT2D eigenvalue weighted by Crippen LogP contribution is 2.03. The van der Waals surface area contributed by atoms with Crippen LogP contribution in [0.2, 0.25) is 0 Å². The molecule has 2 rings (SSSR count). The Hall–Kier alpha value is -2.17. The van der Waals surface area contributed by atoms with E-state index in [0.717, 1.165) is 17.9 Å². The van der Waals surface area contributed by atoms with Gasteiger partial charge in [0.1, 0.15) is 0 Å². The van der Waals surface area contributed by atoms with E-state index in [2.05, 4.69) is 15.3 Å². The molecule has 5 nitrogen and oxygen atoms in total. The second kappa shape index (κ2) is 5.44. The molecule has 0 radical (unpaired) electrons. The number of nitrogens with zero attached hydrogens (tertiary/aromatic N) is 3. The Labute approximate surface area is 106 Å². The van der Waals surface area contributed by atoms with E-state index in [4.69, 9.17) is 0 Å². The van der Waals surface area contributed by atoms with Gasteiger partial charge in [0.15, 0.2) is 0 Å². The van der Waals surface area contributed by atoms with Crippen molar-refractivity contribution in [1.82, 2.24) is 14.5 Å². The van der Waals surface area contributed by atoms with Gasteiger partial charge in [-0.3, -0.25) is 4.79 Å². The average molecular weight is 244 g/mol. The van der Waals surface area contributed by atoms with E-state index < -0.39 is 0 Å². The van der Waals surface area contributed by atoms with Gasteiger partial charge in [0.25, 0.3) is 5.56 Å². The van der Waals surface area contributed by atoms with Crippen LogP contribution in [-0.2, 0) is 6.54 Å². The molecule has 2 aromatic rings. The van der Waals surface area contributed by atoms with Crippen molar-refractivity contribution in [2.75, 3.05) is 11.9 Å². The molecular formula is C13H16N4O. The summed E-state index contributed by atoms with van der Waals surface area (Å²) in [7, 11) is 0. The molecule has 0 aliphatic heterocycles. The molecule has 94 valence electrons. The van der Waals surface area contributed by atoms with Crippen LogP contribution in [0, 0.1) is 6.92 Å². The summed E-state index contributed by atoms with van der Waals surface area (Å²) >= 11 is 0. The predicted molar refractivity (Wildman–Crippen MR) is 70.7 cm³/mol. The van der Waals surface area contributed by atoms with Crippen molar-refractivity contribution in [3.05, 3.63) is 52.2 Å². The summed E-state index contributed by atoms with van der Waals surface area (Å²) in [5.74, 6) is 0.594. The van der Waals surface area contributed by atoms with E-state index in [-0.39, 0.29) is 5.56 Å². The highest BCUT2D eigenvalue weighted by Gasteiger charge is 2.03. The van der Waals surface area contributed by atoms with Crippen molar-refractivity contribution in [3.63, 3.8) is 0 Å². The minimum absolute atomic E-state index is 0.0152. The lowest BCUT2D eigenvalue weighted by Crippen LogP contribution is -2.22. The van der Waals surface area contributed by atoms with E-state index in [1.807, 2.05) is 26.0 Å². The van der Waals surface area contributed by atoms with Crippen LogP contribution in [-0.4, -0.2) is 21.1 Å². The third-order valence-electron chi connectivity index (χ3n) is 2.64. The summed E-state index contributed by atoms with van der Waals surface area (Å²) in [6.07, 6.45) is 1.70. The third-order valence-corrected chi connectivity index (χ3v) is 2.64. The van der Waals surface area contributed by atoms with Crippen molar-refractivity contribution in [2.24, 2.45) is 0 Å². The quantitative estimate of drug-likeness (QED) is 0.883. The van der Waals surface area contributed by atoms with Gasteiger partial charge in [0.05, 0.1) is 12.2 Å². The van der Waals surface area contributed by atoms with Gasteiger partial charge >= 0.3 is 0 Å². The summed E-state index contributed by atoms with van der Waals surface area (Å²) in [4.78, 5) is 20.2. The first-order chi connectivity index (χ1) is 8.70. The molecule has 0 aliphatic rings. The zero-order chi connectivity index (χ0) is 13.0. The maximum atomic E-state index is 11.8. The molecule has 0 aliphatic carbocycles. The van der Waals surface area contributed by atoms with E-state index in [1.165, 1.54) is 0 Å². The largest absolute Gasteiger partial charge is 0.354 e. The Morgan fingerprint density at radius 3 is 2.89 bits per heavy atom. The summed E-state index contributed by atoms with van der Waals surface area (Å²) in [5, 5.41) is 3.05. The number of aromatic nitrogens is 3. The summed E-state index contributed by atoms with van der Waals surface area (Å²) in [6, 6.07) is 7.05. The van der Waals surface area contributed by atoms with Crippen molar-refractivity contribution >= 4 is 5.95 Å². The highest BCUT2D eigenvalue weighted by molar-refractivity contribution is 5.25. The highest BCUT2D eigenvalue weighted by atomic mass is 16.1. The van der Waals surface area contributed by atoms with Crippen LogP contribution in [0.15, 0.2) is 35.3 Å². The molecule has 0 saturated carbocycles. The van der Waals surface area contributed by atoms with Gasteiger partial charge in [-0.15, -0.1) is 0 Å². The van der Waals surface area contributed by atoms with Crippen LogP contribution in [0.1, 0.15) is 18.3 Å². The zero-order valence-electron chi connectivity index (χ0n) is 10.6. The molecule has 0 fully saturated rings. The SMILES string of the molecule is CCNc1nccc(Cn2c(C)cccc2=O)n1. The second-order valence-corrected chi connectivity index (χ2v) is 3.99. The molecular weight excluding hydrogens is 228 g/mol. The number of hydrogen-bond donors (Lipinski definition) is 1. The Balaban J connectivity index is 2.28. The lowest BCUT2D eigenvalue weighted by atomic mass is 10.3. The topological polar surface area (TPSA) is 59.8 Å². The van der Waals surface area contributed by atoms with Gasteiger partial charge in [-0.25, -0.2) is 9.97 Å². The molecule has 0 aromatic carbocycles. The lowest BCUT2D eigenvalue weighted by Gasteiger charge is -2.09. The van der Waals surface area contributed by atoms with Crippen molar-refractivity contribution in [1.29, 1.82) is 0 Å². The summed E-state index contributed by atoms with van der Waals surface area (Å²) in [5.41, 5.74) is 1.72. The van der Waals surface area contributed by atoms with Gasteiger partial charge < -0.3 is 9.88 Å². The molecule has 5 heteroatoms. The van der Waals surface area contributed by atoms with Gasteiger partial charge in [-0.05, 0) is 26.0 Å². The van der Waals surface area contributed by atoms with Crippen LogP contribution >= 0.6 is 0 Å². The average Bonchev–Trinajstić information content (AvgIpc) is 2.35. The van der Waals surface area contributed by atoms with Crippen LogP contribution in [0.5, 0.6) is 0 Å². The molecule has 0 atom stereocenters. The first kappa shape index (κ1) is 12.3. The van der Waals surface area contributed by atoms with E-state index >= 15 is 0 Å². The van der Waals surface area contributed by atoms with Crippen molar-refractivity contribution in [2.45, 2.75) is 20.4 Å². The van der Waals surface area contributed by atoms with Gasteiger partial charge in [0.2, 0.25) is 5.95 Å². The minimum atomic E-state index is -0.0152. The van der Waals surface area contributed by atoms with Crippen LogP contribution in [0.25, 0.3) is 0 Å². The van der Waals surface area contributed by atoms with Crippen LogP contribution < -0.4 is 10.9 Å². The number of hydrogen-bond acceptors (Lipinski definition) is 4. The van der Waals surface area contributed by atoms with Crippen molar-refractivity contribution < 1.29 is 0 Å². The molecule has 0 unspecified atom stereocenters. The number of pyridine rings is 1. The van der Waals surface area contributed by atoms with E-state index in [9.17, 15) is 4.79 Å². The maximum Gasteiger partial charge on any atom is 0.251 e. The Morgan fingerprint density at radius 2 is 2.17 bits per heavy atom. The van der Waals surface area contributed by atoms with E-state index in [0.29, 0.717) is 12.5 Å². The van der Waals surface area contributed by atoms with E-state index in [1.54, 1.807) is 22.9 Å². The standard InChI is InChI=1S/C13H16N4O/c1-3-14-13-15-8-7-11(16-13)9-17-10(2)5-4-6-12(17)18/h4-8H,3,9H2,1-2H3,(H,14,15,16). The maximum absolute atomic E-state index is 11.8. The molecule has 0 amide bonds. The van der Waals surface area contributed by atoms with Crippen molar-refractivity contribution in [3.8, 4) is 0 Å². The fraction of sp³-hybridized carbons (Fsp3) is 0.308. The van der Waals surface area contributed by atoms with Crippen LogP contribution in [0.3, 0.4) is 0 Å². The number of aryl methyl sites for hydroxylation is 1. The first-order valence-electron chi connectivity index (χ1n) is 5.93.